The molecule has 0 radical (unpaired) electrons. The second kappa shape index (κ2) is 4.67. The fourth-order valence-electron chi connectivity index (χ4n) is 1.63. The first kappa shape index (κ1) is 11.8. The minimum Gasteiger partial charge on any atom is -0.481 e. The summed E-state index contributed by atoms with van der Waals surface area (Å²) in [5.74, 6) is -0.898. The molecule has 0 aliphatic heterocycles. The van der Waals surface area contributed by atoms with Crippen LogP contribution in [0.1, 0.15) is 5.69 Å². The van der Waals surface area contributed by atoms with Crippen molar-refractivity contribution in [3.8, 4) is 11.3 Å². The number of rotatable bonds is 3. The van der Waals surface area contributed by atoms with Crippen LogP contribution in [0.15, 0.2) is 29.0 Å². The molecule has 0 atom stereocenters. The molecule has 0 aromatic carbocycles. The minimum absolute atomic E-state index is 0.0977. The molecule has 2 rings (SSSR count). The fourth-order valence-corrected chi connectivity index (χ4v) is 2.34. The number of aryl methyl sites for hydroxylation is 1. The molecule has 2 heterocycles. The van der Waals surface area contributed by atoms with Gasteiger partial charge in [-0.05, 0) is 28.1 Å². The largest absolute Gasteiger partial charge is 0.481 e. The maximum Gasteiger partial charge on any atom is 0.309 e. The van der Waals surface area contributed by atoms with E-state index in [1.165, 1.54) is 0 Å². The Bertz CT molecular complexity index is 551. The molecule has 88 valence electrons. The number of aliphatic carboxylic acids is 1. The highest BCUT2D eigenvalue weighted by Gasteiger charge is 2.17. The molecule has 0 aliphatic rings. The molecule has 0 amide bonds. The van der Waals surface area contributed by atoms with Gasteiger partial charge in [-0.1, -0.05) is 0 Å². The van der Waals surface area contributed by atoms with Crippen molar-refractivity contribution >= 4 is 21.9 Å². The molecule has 0 unspecified atom stereocenters. The minimum atomic E-state index is -0.898. The summed E-state index contributed by atoms with van der Waals surface area (Å²) in [6, 6.07) is 3.71. The Labute approximate surface area is 106 Å². The van der Waals surface area contributed by atoms with Crippen LogP contribution in [0.4, 0.5) is 0 Å². The Hall–Kier alpha value is -1.69. The Morgan fingerprint density at radius 3 is 2.71 bits per heavy atom. The molecule has 0 saturated heterocycles. The van der Waals surface area contributed by atoms with Crippen molar-refractivity contribution in [2.75, 3.05) is 0 Å². The molecule has 2 aromatic heterocycles. The first-order valence-corrected chi connectivity index (χ1v) is 5.72. The third kappa shape index (κ3) is 2.36. The van der Waals surface area contributed by atoms with Crippen LogP contribution in [0.5, 0.6) is 0 Å². The number of aromatic nitrogens is 3. The van der Waals surface area contributed by atoms with Crippen LogP contribution in [0.2, 0.25) is 0 Å². The predicted molar refractivity (Wildman–Crippen MR) is 65.5 cm³/mol. The summed E-state index contributed by atoms with van der Waals surface area (Å²) in [5, 5.41) is 13.0. The summed E-state index contributed by atoms with van der Waals surface area (Å²) < 4.78 is 2.38. The van der Waals surface area contributed by atoms with E-state index >= 15 is 0 Å². The first-order valence-electron chi connectivity index (χ1n) is 4.93. The third-order valence-corrected chi connectivity index (χ3v) is 3.16. The molecule has 17 heavy (non-hydrogen) atoms. The topological polar surface area (TPSA) is 68.0 Å². The molecule has 1 N–H and O–H groups in total. The zero-order chi connectivity index (χ0) is 12.4. The van der Waals surface area contributed by atoms with Gasteiger partial charge in [-0.2, -0.15) is 5.10 Å². The summed E-state index contributed by atoms with van der Waals surface area (Å²) in [4.78, 5) is 14.6. The van der Waals surface area contributed by atoms with E-state index in [0.29, 0.717) is 10.2 Å². The van der Waals surface area contributed by atoms with E-state index in [4.69, 9.17) is 5.11 Å². The lowest BCUT2D eigenvalue weighted by atomic mass is 10.2. The second-order valence-corrected chi connectivity index (χ2v) is 4.33. The van der Waals surface area contributed by atoms with Crippen LogP contribution in [0, 0.1) is 0 Å². The van der Waals surface area contributed by atoms with Gasteiger partial charge >= 0.3 is 5.97 Å². The first-order chi connectivity index (χ1) is 8.09. The molecule has 0 aliphatic carbocycles. The monoisotopic (exact) mass is 295 g/mol. The van der Waals surface area contributed by atoms with E-state index in [1.54, 1.807) is 24.1 Å². The van der Waals surface area contributed by atoms with Gasteiger partial charge in [0, 0.05) is 25.0 Å². The zero-order valence-electron chi connectivity index (χ0n) is 9.09. The number of nitrogens with zero attached hydrogens (tertiary/aromatic N) is 3. The molecule has 6 heteroatoms. The maximum absolute atomic E-state index is 10.7. The van der Waals surface area contributed by atoms with Gasteiger partial charge in [0.15, 0.2) is 0 Å². The number of pyridine rings is 1. The number of hydrogen-bond acceptors (Lipinski definition) is 3. The van der Waals surface area contributed by atoms with E-state index in [1.807, 2.05) is 12.1 Å². The smallest absolute Gasteiger partial charge is 0.309 e. The third-order valence-electron chi connectivity index (χ3n) is 2.33. The van der Waals surface area contributed by atoms with E-state index in [0.717, 1.165) is 11.3 Å². The van der Waals surface area contributed by atoms with Gasteiger partial charge in [0.2, 0.25) is 0 Å². The number of halogens is 1. The van der Waals surface area contributed by atoms with Crippen molar-refractivity contribution in [2.24, 2.45) is 7.05 Å². The molecule has 0 fully saturated rings. The number of carboxylic acid groups (broad SMARTS) is 1. The summed E-state index contributed by atoms with van der Waals surface area (Å²) in [7, 11) is 1.78. The van der Waals surface area contributed by atoms with E-state index < -0.39 is 5.97 Å². The van der Waals surface area contributed by atoms with Crippen molar-refractivity contribution in [1.82, 2.24) is 14.8 Å². The Balaban J connectivity index is 2.49. The fraction of sp³-hybridized carbons (Fsp3) is 0.182. The van der Waals surface area contributed by atoms with Crippen LogP contribution in [0.25, 0.3) is 11.3 Å². The van der Waals surface area contributed by atoms with Crippen LogP contribution in [0.3, 0.4) is 0 Å². The predicted octanol–water partition coefficient (Wildman–Crippen LogP) is 1.87. The molecule has 0 bridgehead atoms. The summed E-state index contributed by atoms with van der Waals surface area (Å²) >= 11 is 3.40. The van der Waals surface area contributed by atoms with E-state index in [2.05, 4.69) is 26.0 Å². The Morgan fingerprint density at radius 1 is 1.47 bits per heavy atom. The average molecular weight is 296 g/mol. The second-order valence-electron chi connectivity index (χ2n) is 3.54. The molecule has 2 aromatic rings. The maximum atomic E-state index is 10.7. The molecule has 0 saturated carbocycles. The zero-order valence-corrected chi connectivity index (χ0v) is 10.7. The quantitative estimate of drug-likeness (QED) is 0.939. The van der Waals surface area contributed by atoms with E-state index in [9.17, 15) is 4.79 Å². The van der Waals surface area contributed by atoms with Gasteiger partial charge in [-0.15, -0.1) is 0 Å². The molecule has 0 spiro atoms. The van der Waals surface area contributed by atoms with Gasteiger partial charge in [-0.25, -0.2) is 0 Å². The summed E-state index contributed by atoms with van der Waals surface area (Å²) in [6.45, 7) is 0. The van der Waals surface area contributed by atoms with Gasteiger partial charge in [0.25, 0.3) is 0 Å². The van der Waals surface area contributed by atoms with Crippen molar-refractivity contribution < 1.29 is 9.90 Å². The van der Waals surface area contributed by atoms with Crippen molar-refractivity contribution in [3.05, 3.63) is 34.7 Å². The van der Waals surface area contributed by atoms with E-state index in [-0.39, 0.29) is 6.42 Å². The average Bonchev–Trinajstić information content (AvgIpc) is 2.54. The standard InChI is InChI=1S/C11H10BrN3O2/c1-15-11(7-2-4-13-5-3-7)10(12)8(14-15)6-9(16)17/h2-5H,6H2,1H3,(H,16,17). The highest BCUT2D eigenvalue weighted by molar-refractivity contribution is 9.10. The van der Waals surface area contributed by atoms with Gasteiger partial charge in [-0.3, -0.25) is 14.5 Å². The Morgan fingerprint density at radius 2 is 2.12 bits per heavy atom. The molecular weight excluding hydrogens is 286 g/mol. The van der Waals surface area contributed by atoms with Crippen LogP contribution in [-0.4, -0.2) is 25.8 Å². The lowest BCUT2D eigenvalue weighted by Gasteiger charge is -2.01. The normalized spacial score (nSPS) is 10.5. The number of carbonyl (C=O) groups is 1. The Kier molecular flexibility index (Phi) is 3.23. The molecule has 5 nitrogen and oxygen atoms in total. The molecular formula is C11H10BrN3O2. The lowest BCUT2D eigenvalue weighted by Crippen LogP contribution is -2.02. The highest BCUT2D eigenvalue weighted by Crippen LogP contribution is 2.30. The van der Waals surface area contributed by atoms with Gasteiger partial charge in [0.1, 0.15) is 0 Å². The van der Waals surface area contributed by atoms with Crippen molar-refractivity contribution in [1.29, 1.82) is 0 Å². The van der Waals surface area contributed by atoms with Crippen molar-refractivity contribution in [3.63, 3.8) is 0 Å². The van der Waals surface area contributed by atoms with Gasteiger partial charge < -0.3 is 5.11 Å². The summed E-state index contributed by atoms with van der Waals surface area (Å²) in [6.07, 6.45) is 3.27. The highest BCUT2D eigenvalue weighted by atomic mass is 79.9. The SMILES string of the molecule is Cn1nc(CC(=O)O)c(Br)c1-c1ccncc1. The summed E-state index contributed by atoms with van der Waals surface area (Å²) in [5.41, 5.74) is 2.31. The van der Waals surface area contributed by atoms with Crippen LogP contribution >= 0.6 is 15.9 Å². The van der Waals surface area contributed by atoms with Crippen LogP contribution in [-0.2, 0) is 18.3 Å². The van der Waals surface area contributed by atoms with Crippen LogP contribution < -0.4 is 0 Å². The number of carboxylic acids is 1. The number of hydrogen-bond donors (Lipinski definition) is 1. The van der Waals surface area contributed by atoms with Gasteiger partial charge in [0.05, 0.1) is 22.3 Å². The van der Waals surface area contributed by atoms with Crippen molar-refractivity contribution in [2.45, 2.75) is 6.42 Å². The lowest BCUT2D eigenvalue weighted by molar-refractivity contribution is -0.136.